The summed E-state index contributed by atoms with van der Waals surface area (Å²) in [4.78, 5) is 11.0. The van der Waals surface area contributed by atoms with Crippen LogP contribution in [0.1, 0.15) is 20.8 Å². The van der Waals surface area contributed by atoms with E-state index in [0.29, 0.717) is 32.7 Å². The number of nitrogens with one attached hydrogen (secondary N) is 1. The number of hydrogen-bond donors (Lipinski definition) is 1. The normalized spacial score (nSPS) is 17.7. The van der Waals surface area contributed by atoms with Crippen LogP contribution in [-0.4, -0.2) is 55.9 Å². The van der Waals surface area contributed by atoms with Gasteiger partial charge in [-0.3, -0.25) is 9.69 Å². The zero-order valence-corrected chi connectivity index (χ0v) is 11.0. The second-order valence-corrected chi connectivity index (χ2v) is 4.97. The van der Waals surface area contributed by atoms with E-state index in [1.807, 2.05) is 20.8 Å². The van der Waals surface area contributed by atoms with Crippen LogP contribution in [0.2, 0.25) is 0 Å². The van der Waals surface area contributed by atoms with Crippen molar-refractivity contribution in [2.45, 2.75) is 32.5 Å². The highest BCUT2D eigenvalue weighted by atomic mass is 19.4. The van der Waals surface area contributed by atoms with E-state index in [0.717, 1.165) is 0 Å². The molecule has 0 spiro atoms. The first-order valence-electron chi connectivity index (χ1n) is 5.75. The van der Waals surface area contributed by atoms with E-state index >= 15 is 0 Å². The number of carbonyl (C=O) groups excluding carboxylic acids is 1. The number of rotatable bonds is 2. The predicted octanol–water partition coefficient (Wildman–Crippen LogP) is 1.41. The zero-order valence-electron chi connectivity index (χ0n) is 11.0. The van der Waals surface area contributed by atoms with Crippen LogP contribution in [0.4, 0.5) is 13.2 Å². The summed E-state index contributed by atoms with van der Waals surface area (Å²) in [5.74, 6) is 0. The smallest absolute Gasteiger partial charge is 0.401 e. The second-order valence-electron chi connectivity index (χ2n) is 4.97. The molecule has 18 heavy (non-hydrogen) atoms. The lowest BCUT2D eigenvalue weighted by atomic mass is 10.2. The van der Waals surface area contributed by atoms with Crippen LogP contribution in [0, 0.1) is 0 Å². The Balaban J connectivity index is 0.000000360. The van der Waals surface area contributed by atoms with Crippen LogP contribution >= 0.6 is 0 Å². The van der Waals surface area contributed by atoms with Gasteiger partial charge in [-0.05, 0) is 20.8 Å². The fraction of sp³-hybridized carbons (Fsp3) is 0.909. The zero-order chi connectivity index (χ0) is 14.2. The van der Waals surface area contributed by atoms with Crippen LogP contribution < -0.4 is 5.32 Å². The summed E-state index contributed by atoms with van der Waals surface area (Å²) in [7, 11) is 0. The van der Waals surface area contributed by atoms with Crippen LogP contribution in [0.5, 0.6) is 0 Å². The van der Waals surface area contributed by atoms with E-state index in [1.165, 1.54) is 4.90 Å². The van der Waals surface area contributed by atoms with Crippen molar-refractivity contribution in [3.05, 3.63) is 0 Å². The summed E-state index contributed by atoms with van der Waals surface area (Å²) in [5.41, 5.74) is -0.318. The largest absolute Gasteiger partial charge is 0.462 e. The van der Waals surface area contributed by atoms with E-state index < -0.39 is 12.7 Å². The number of halogens is 3. The van der Waals surface area contributed by atoms with E-state index in [4.69, 9.17) is 0 Å². The Morgan fingerprint density at radius 2 is 1.72 bits per heavy atom. The lowest BCUT2D eigenvalue weighted by molar-refractivity contribution is -0.146. The summed E-state index contributed by atoms with van der Waals surface area (Å²) in [6.45, 7) is 7.48. The molecule has 0 aromatic heterocycles. The van der Waals surface area contributed by atoms with Gasteiger partial charge in [0.05, 0.1) is 6.54 Å². The maximum Gasteiger partial charge on any atom is 0.401 e. The van der Waals surface area contributed by atoms with Gasteiger partial charge in [-0.25, -0.2) is 0 Å². The van der Waals surface area contributed by atoms with Gasteiger partial charge in [-0.15, -0.1) is 0 Å². The third-order valence-electron chi connectivity index (χ3n) is 2.01. The second kappa shape index (κ2) is 7.58. The Bertz CT molecular complexity index is 233. The molecule has 1 rings (SSSR count). The summed E-state index contributed by atoms with van der Waals surface area (Å²) < 4.78 is 39.9. The number of ether oxygens (including phenoxy) is 1. The molecule has 0 unspecified atom stereocenters. The van der Waals surface area contributed by atoms with Gasteiger partial charge in [0.15, 0.2) is 0 Å². The lowest BCUT2D eigenvalue weighted by Gasteiger charge is -2.27. The van der Waals surface area contributed by atoms with Gasteiger partial charge < -0.3 is 10.1 Å². The molecule has 0 bridgehead atoms. The topological polar surface area (TPSA) is 41.6 Å². The minimum Gasteiger partial charge on any atom is -0.462 e. The molecule has 7 heteroatoms. The number of carbonyl (C=O) groups is 1. The first kappa shape index (κ1) is 17.2. The number of piperazine rings is 1. The van der Waals surface area contributed by atoms with E-state index in [1.54, 1.807) is 0 Å². The summed E-state index contributed by atoms with van der Waals surface area (Å²) in [6, 6.07) is 0. The molecule has 1 aliphatic rings. The van der Waals surface area contributed by atoms with Gasteiger partial charge in [0.2, 0.25) is 0 Å². The third-order valence-corrected chi connectivity index (χ3v) is 2.01. The molecule has 0 saturated carbocycles. The molecular formula is C11H21F3N2O2. The Labute approximate surface area is 105 Å². The molecule has 0 aromatic rings. The van der Waals surface area contributed by atoms with Crippen molar-refractivity contribution in [1.82, 2.24) is 10.2 Å². The molecule has 1 aliphatic heterocycles. The Kier molecular flexibility index (Phi) is 7.23. The van der Waals surface area contributed by atoms with Crippen LogP contribution in [0.15, 0.2) is 0 Å². The lowest BCUT2D eigenvalue weighted by Crippen LogP contribution is -2.47. The average molecular weight is 270 g/mol. The average Bonchev–Trinajstić information content (AvgIpc) is 2.15. The molecule has 0 radical (unpaired) electrons. The van der Waals surface area contributed by atoms with Gasteiger partial charge in [-0.2, -0.15) is 13.2 Å². The van der Waals surface area contributed by atoms with Crippen molar-refractivity contribution in [3.8, 4) is 0 Å². The molecule has 4 nitrogen and oxygen atoms in total. The van der Waals surface area contributed by atoms with E-state index in [9.17, 15) is 18.0 Å². The SMILES string of the molecule is CC(C)(C)OC=O.FC(F)(F)CN1CCNCC1. The predicted molar refractivity (Wildman–Crippen MR) is 62.3 cm³/mol. The third kappa shape index (κ3) is 11.7. The van der Waals surface area contributed by atoms with Crippen molar-refractivity contribution in [3.63, 3.8) is 0 Å². The van der Waals surface area contributed by atoms with Gasteiger partial charge in [0, 0.05) is 26.2 Å². The van der Waals surface area contributed by atoms with Gasteiger partial charge in [0.1, 0.15) is 5.60 Å². The quantitative estimate of drug-likeness (QED) is 0.770. The fourth-order valence-corrected chi connectivity index (χ4v) is 1.27. The highest BCUT2D eigenvalue weighted by Gasteiger charge is 2.30. The molecule has 0 amide bonds. The molecule has 1 saturated heterocycles. The Morgan fingerprint density at radius 1 is 1.22 bits per heavy atom. The molecule has 108 valence electrons. The molecule has 0 aromatic carbocycles. The van der Waals surface area contributed by atoms with Crippen molar-refractivity contribution >= 4 is 6.47 Å². The standard InChI is InChI=1S/C6H11F3N2.C5H10O2/c7-6(8,9)5-11-3-1-10-2-4-11;1-5(2,3)7-4-6/h10H,1-5H2;4H,1-3H3. The molecule has 0 aliphatic carbocycles. The Morgan fingerprint density at radius 3 is 2.00 bits per heavy atom. The fourth-order valence-electron chi connectivity index (χ4n) is 1.27. The molecular weight excluding hydrogens is 249 g/mol. The van der Waals surface area contributed by atoms with E-state index in [2.05, 4.69) is 10.1 Å². The van der Waals surface area contributed by atoms with Crippen molar-refractivity contribution in [2.75, 3.05) is 32.7 Å². The van der Waals surface area contributed by atoms with E-state index in [-0.39, 0.29) is 5.60 Å². The van der Waals surface area contributed by atoms with Gasteiger partial charge in [0.25, 0.3) is 6.47 Å². The highest BCUT2D eigenvalue weighted by Crippen LogP contribution is 2.16. The molecule has 1 N–H and O–H groups in total. The van der Waals surface area contributed by atoms with Crippen molar-refractivity contribution < 1.29 is 22.7 Å². The first-order chi connectivity index (χ1) is 8.14. The molecule has 1 heterocycles. The highest BCUT2D eigenvalue weighted by molar-refractivity contribution is 5.37. The maximum absolute atomic E-state index is 11.8. The maximum atomic E-state index is 11.8. The minimum atomic E-state index is -4.04. The number of alkyl halides is 3. The van der Waals surface area contributed by atoms with Crippen LogP contribution in [0.3, 0.4) is 0 Å². The summed E-state index contributed by atoms with van der Waals surface area (Å²) >= 11 is 0. The first-order valence-corrected chi connectivity index (χ1v) is 5.75. The van der Waals surface area contributed by atoms with Gasteiger partial charge >= 0.3 is 6.18 Å². The van der Waals surface area contributed by atoms with Crippen LogP contribution in [0.25, 0.3) is 0 Å². The van der Waals surface area contributed by atoms with Crippen molar-refractivity contribution in [1.29, 1.82) is 0 Å². The van der Waals surface area contributed by atoms with Crippen LogP contribution in [-0.2, 0) is 9.53 Å². The summed E-state index contributed by atoms with van der Waals surface area (Å²) in [6.07, 6.45) is -4.04. The Hall–Kier alpha value is -0.820. The molecule has 0 atom stereocenters. The van der Waals surface area contributed by atoms with Gasteiger partial charge in [-0.1, -0.05) is 0 Å². The number of hydrogen-bond acceptors (Lipinski definition) is 4. The van der Waals surface area contributed by atoms with Crippen molar-refractivity contribution in [2.24, 2.45) is 0 Å². The number of nitrogens with zero attached hydrogens (tertiary/aromatic N) is 1. The molecule has 1 fully saturated rings. The minimum absolute atomic E-state index is 0.318. The summed E-state index contributed by atoms with van der Waals surface area (Å²) in [5, 5.41) is 2.99. The monoisotopic (exact) mass is 270 g/mol.